The Bertz CT molecular complexity index is 576. The van der Waals surface area contributed by atoms with E-state index in [0.29, 0.717) is 18.2 Å². The first-order chi connectivity index (χ1) is 8.99. The zero-order chi connectivity index (χ0) is 14.0. The second kappa shape index (κ2) is 5.52. The first-order valence-corrected chi connectivity index (χ1v) is 6.69. The summed E-state index contributed by atoms with van der Waals surface area (Å²) in [6.07, 6.45) is 2.40. The topological polar surface area (TPSA) is 77.1 Å². The maximum atomic E-state index is 12.1. The summed E-state index contributed by atoms with van der Waals surface area (Å²) in [5.74, 6) is -0.0190. The molecule has 3 N–H and O–H groups in total. The number of thiocarbonyl (C=S) groups is 1. The Morgan fingerprint density at radius 2 is 2.21 bits per heavy atom. The summed E-state index contributed by atoms with van der Waals surface area (Å²) < 4.78 is 1.54. The number of nitrogens with two attached hydrogens (primary N) is 1. The van der Waals surface area contributed by atoms with E-state index in [-0.39, 0.29) is 22.9 Å². The molecule has 0 saturated heterocycles. The maximum absolute atomic E-state index is 12.1. The number of aryl methyl sites for hydroxylation is 1. The molecule has 0 bridgehead atoms. The van der Waals surface area contributed by atoms with E-state index in [1.54, 1.807) is 16.7 Å². The van der Waals surface area contributed by atoms with E-state index < -0.39 is 0 Å². The van der Waals surface area contributed by atoms with Crippen LogP contribution < -0.4 is 16.6 Å². The third kappa shape index (κ3) is 3.41. The number of hydrogen-bond acceptors (Lipinski definition) is 3. The van der Waals surface area contributed by atoms with E-state index in [1.807, 2.05) is 6.92 Å². The largest absolute Gasteiger partial charge is 0.389 e. The van der Waals surface area contributed by atoms with Crippen molar-refractivity contribution in [1.29, 1.82) is 0 Å². The molecule has 0 aromatic carbocycles. The molecule has 5 nitrogen and oxygen atoms in total. The van der Waals surface area contributed by atoms with Gasteiger partial charge in [0, 0.05) is 24.7 Å². The number of carbonyl (C=O) groups is 1. The molecular weight excluding hydrogens is 262 g/mol. The second-order valence-electron chi connectivity index (χ2n) is 4.80. The molecule has 1 amide bonds. The van der Waals surface area contributed by atoms with E-state index in [0.717, 1.165) is 18.5 Å². The standard InChI is InChI=1S/C13H17N3O2S/c1-8-2-5-10(12(14)19)13(18)16(8)7-6-11(17)15-9-3-4-9/h2,5,9H,3-4,6-7H2,1H3,(H2,14,19)(H,15,17). The van der Waals surface area contributed by atoms with Crippen LogP contribution in [0.2, 0.25) is 0 Å². The summed E-state index contributed by atoms with van der Waals surface area (Å²) in [6.45, 7) is 2.17. The minimum Gasteiger partial charge on any atom is -0.389 e. The van der Waals surface area contributed by atoms with Crippen molar-refractivity contribution < 1.29 is 4.79 Å². The van der Waals surface area contributed by atoms with Crippen LogP contribution in [0.5, 0.6) is 0 Å². The van der Waals surface area contributed by atoms with Crippen molar-refractivity contribution in [3.05, 3.63) is 33.7 Å². The van der Waals surface area contributed by atoms with Gasteiger partial charge in [-0.15, -0.1) is 0 Å². The van der Waals surface area contributed by atoms with Crippen LogP contribution in [0.3, 0.4) is 0 Å². The zero-order valence-electron chi connectivity index (χ0n) is 10.8. The van der Waals surface area contributed by atoms with Gasteiger partial charge in [0.25, 0.3) is 5.56 Å². The highest BCUT2D eigenvalue weighted by molar-refractivity contribution is 7.80. The van der Waals surface area contributed by atoms with E-state index in [1.165, 1.54) is 0 Å². The molecule has 1 saturated carbocycles. The van der Waals surface area contributed by atoms with Crippen molar-refractivity contribution >= 4 is 23.1 Å². The van der Waals surface area contributed by atoms with Gasteiger partial charge in [0.05, 0.1) is 5.56 Å². The first-order valence-electron chi connectivity index (χ1n) is 6.28. The number of carbonyl (C=O) groups excluding carboxylic acids is 1. The summed E-state index contributed by atoms with van der Waals surface area (Å²) in [6, 6.07) is 3.75. The van der Waals surface area contributed by atoms with Crippen molar-refractivity contribution in [2.75, 3.05) is 0 Å². The van der Waals surface area contributed by atoms with Gasteiger partial charge in [0.1, 0.15) is 4.99 Å². The van der Waals surface area contributed by atoms with Crippen LogP contribution in [0, 0.1) is 6.92 Å². The molecule has 0 radical (unpaired) electrons. The van der Waals surface area contributed by atoms with Gasteiger partial charge in [-0.05, 0) is 31.9 Å². The van der Waals surface area contributed by atoms with Crippen molar-refractivity contribution in [3.63, 3.8) is 0 Å². The van der Waals surface area contributed by atoms with Crippen molar-refractivity contribution in [3.8, 4) is 0 Å². The minimum atomic E-state index is -0.230. The number of nitrogens with zero attached hydrogens (tertiary/aromatic N) is 1. The lowest BCUT2D eigenvalue weighted by molar-refractivity contribution is -0.121. The molecule has 6 heteroatoms. The fourth-order valence-electron chi connectivity index (χ4n) is 1.88. The van der Waals surface area contributed by atoms with Crippen LogP contribution in [-0.2, 0) is 11.3 Å². The number of amides is 1. The zero-order valence-corrected chi connectivity index (χ0v) is 11.6. The van der Waals surface area contributed by atoms with Crippen LogP contribution in [0.25, 0.3) is 0 Å². The quantitative estimate of drug-likeness (QED) is 0.768. The number of pyridine rings is 1. The van der Waals surface area contributed by atoms with E-state index in [9.17, 15) is 9.59 Å². The molecule has 1 aromatic heterocycles. The number of rotatable bonds is 5. The van der Waals surface area contributed by atoms with Crippen LogP contribution in [0.15, 0.2) is 16.9 Å². The fourth-order valence-corrected chi connectivity index (χ4v) is 2.03. The van der Waals surface area contributed by atoms with Gasteiger partial charge in [-0.2, -0.15) is 0 Å². The molecule has 19 heavy (non-hydrogen) atoms. The first kappa shape index (κ1) is 13.7. The van der Waals surface area contributed by atoms with Crippen molar-refractivity contribution in [2.45, 2.75) is 38.8 Å². The molecule has 1 aliphatic rings. The molecule has 0 unspecified atom stereocenters. The van der Waals surface area contributed by atoms with E-state index in [2.05, 4.69) is 5.32 Å². The van der Waals surface area contributed by atoms with E-state index in [4.69, 9.17) is 18.0 Å². The molecule has 1 fully saturated rings. The number of aromatic nitrogens is 1. The van der Waals surface area contributed by atoms with Crippen LogP contribution in [0.1, 0.15) is 30.5 Å². The Labute approximate surface area is 116 Å². The Kier molecular flexibility index (Phi) is 3.99. The van der Waals surface area contributed by atoms with Gasteiger partial charge in [-0.25, -0.2) is 0 Å². The van der Waals surface area contributed by atoms with E-state index >= 15 is 0 Å². The highest BCUT2D eigenvalue weighted by Crippen LogP contribution is 2.18. The summed E-state index contributed by atoms with van der Waals surface area (Å²) in [5, 5.41) is 2.90. The molecule has 0 atom stereocenters. The second-order valence-corrected chi connectivity index (χ2v) is 5.24. The summed E-state index contributed by atoms with van der Waals surface area (Å²) in [7, 11) is 0. The molecule has 2 rings (SSSR count). The molecule has 1 aromatic rings. The number of nitrogens with one attached hydrogen (secondary N) is 1. The van der Waals surface area contributed by atoms with Crippen molar-refractivity contribution in [1.82, 2.24) is 9.88 Å². The normalized spacial score (nSPS) is 14.2. The van der Waals surface area contributed by atoms with Crippen LogP contribution in [-0.4, -0.2) is 21.5 Å². The third-order valence-electron chi connectivity index (χ3n) is 3.16. The lowest BCUT2D eigenvalue weighted by atomic mass is 10.2. The molecule has 0 spiro atoms. The molecule has 1 aliphatic carbocycles. The molecule has 1 heterocycles. The summed E-state index contributed by atoms with van der Waals surface area (Å²) in [5.41, 5.74) is 6.39. The Balaban J connectivity index is 2.10. The summed E-state index contributed by atoms with van der Waals surface area (Å²) >= 11 is 4.84. The SMILES string of the molecule is Cc1ccc(C(N)=S)c(=O)n1CCC(=O)NC1CC1. The van der Waals surface area contributed by atoms with Crippen LogP contribution >= 0.6 is 12.2 Å². The smallest absolute Gasteiger partial charge is 0.260 e. The Morgan fingerprint density at radius 1 is 1.53 bits per heavy atom. The third-order valence-corrected chi connectivity index (χ3v) is 3.38. The van der Waals surface area contributed by atoms with Gasteiger partial charge in [-0.1, -0.05) is 12.2 Å². The van der Waals surface area contributed by atoms with Gasteiger partial charge >= 0.3 is 0 Å². The lowest BCUT2D eigenvalue weighted by Gasteiger charge is -2.11. The fraction of sp³-hybridized carbons (Fsp3) is 0.462. The average Bonchev–Trinajstić information content (AvgIpc) is 3.12. The lowest BCUT2D eigenvalue weighted by Crippen LogP contribution is -2.32. The predicted octanol–water partition coefficient (Wildman–Crippen LogP) is 0.460. The van der Waals surface area contributed by atoms with Crippen molar-refractivity contribution in [2.24, 2.45) is 5.73 Å². The maximum Gasteiger partial charge on any atom is 0.260 e. The van der Waals surface area contributed by atoms with Crippen LogP contribution in [0.4, 0.5) is 0 Å². The average molecular weight is 279 g/mol. The summed E-state index contributed by atoms with van der Waals surface area (Å²) in [4.78, 5) is 23.9. The van der Waals surface area contributed by atoms with Gasteiger partial charge in [-0.3, -0.25) is 9.59 Å². The molecule has 102 valence electrons. The molecule has 0 aliphatic heterocycles. The Morgan fingerprint density at radius 3 is 2.79 bits per heavy atom. The van der Waals surface area contributed by atoms with Gasteiger partial charge in [0.2, 0.25) is 5.91 Å². The minimum absolute atomic E-state index is 0.0190. The Hall–Kier alpha value is -1.69. The number of hydrogen-bond donors (Lipinski definition) is 2. The highest BCUT2D eigenvalue weighted by Gasteiger charge is 2.23. The highest BCUT2D eigenvalue weighted by atomic mass is 32.1. The van der Waals surface area contributed by atoms with Gasteiger partial charge < -0.3 is 15.6 Å². The van der Waals surface area contributed by atoms with Gasteiger partial charge in [0.15, 0.2) is 0 Å². The molecular formula is C13H17N3O2S. The predicted molar refractivity (Wildman–Crippen MR) is 77.1 cm³/mol. The monoisotopic (exact) mass is 279 g/mol.